The Labute approximate surface area is 134 Å². The van der Waals surface area contributed by atoms with Crippen molar-refractivity contribution in [1.29, 1.82) is 0 Å². The molecule has 3 rings (SSSR count). The van der Waals surface area contributed by atoms with Crippen LogP contribution in [0.3, 0.4) is 0 Å². The van der Waals surface area contributed by atoms with E-state index in [0.29, 0.717) is 11.5 Å². The summed E-state index contributed by atoms with van der Waals surface area (Å²) in [5.41, 5.74) is 0.245. The molecule has 0 amide bonds. The number of hydrogen-bond donors (Lipinski definition) is 1. The maximum Gasteiger partial charge on any atom is 0.358 e. The minimum Gasteiger partial charge on any atom is -0.476 e. The molecular weight excluding hydrogens is 332 g/mol. The maximum atomic E-state index is 13.2. The zero-order valence-electron chi connectivity index (χ0n) is 11.8. The van der Waals surface area contributed by atoms with Crippen LogP contribution < -0.4 is 4.90 Å². The molecule has 1 N–H and O–H groups in total. The number of carboxylic acid groups (broad SMARTS) is 1. The molecule has 3 heterocycles. The Morgan fingerprint density at radius 1 is 1.30 bits per heavy atom. The zero-order valence-corrected chi connectivity index (χ0v) is 12.5. The third-order valence-corrected chi connectivity index (χ3v) is 3.75. The second-order valence-electron chi connectivity index (χ2n) is 5.20. The van der Waals surface area contributed by atoms with Crippen molar-refractivity contribution < 1.29 is 18.7 Å². The normalized spacial score (nSPS) is 17.3. The molecule has 10 heteroatoms. The molecule has 2 aromatic heterocycles. The molecule has 7 nitrogen and oxygen atoms in total. The van der Waals surface area contributed by atoms with Crippen LogP contribution in [0.1, 0.15) is 23.3 Å². The predicted octanol–water partition coefficient (Wildman–Crippen LogP) is 2.25. The molecule has 0 atom stereocenters. The fourth-order valence-electron chi connectivity index (χ4n) is 2.32. The number of aromatic carboxylic acids is 1. The van der Waals surface area contributed by atoms with Crippen LogP contribution in [-0.4, -0.2) is 50.1 Å². The molecule has 2 aromatic rings. The Morgan fingerprint density at radius 3 is 2.61 bits per heavy atom. The summed E-state index contributed by atoms with van der Waals surface area (Å²) in [4.78, 5) is 16.7. The van der Waals surface area contributed by atoms with Crippen molar-refractivity contribution >= 4 is 23.4 Å². The maximum absolute atomic E-state index is 13.2. The van der Waals surface area contributed by atoms with Crippen LogP contribution in [0.25, 0.3) is 5.69 Å². The van der Waals surface area contributed by atoms with E-state index in [9.17, 15) is 13.6 Å². The average Bonchev–Trinajstić information content (AvgIpc) is 2.96. The van der Waals surface area contributed by atoms with E-state index in [1.54, 1.807) is 11.0 Å². The fourth-order valence-corrected chi connectivity index (χ4v) is 2.51. The molecule has 23 heavy (non-hydrogen) atoms. The number of hydrogen-bond acceptors (Lipinski definition) is 5. The van der Waals surface area contributed by atoms with Crippen molar-refractivity contribution in [1.82, 2.24) is 20.0 Å². The van der Waals surface area contributed by atoms with Gasteiger partial charge >= 0.3 is 5.97 Å². The van der Waals surface area contributed by atoms with E-state index in [-0.39, 0.29) is 36.8 Å². The summed E-state index contributed by atoms with van der Waals surface area (Å²) in [5, 5.41) is 16.3. The number of rotatable bonds is 3. The van der Waals surface area contributed by atoms with Crippen molar-refractivity contribution in [3.8, 4) is 5.69 Å². The number of carbonyl (C=O) groups is 1. The Balaban J connectivity index is 1.88. The first kappa shape index (κ1) is 15.6. The number of pyridine rings is 1. The first-order valence-corrected chi connectivity index (χ1v) is 7.18. The minimum atomic E-state index is -2.65. The van der Waals surface area contributed by atoms with Crippen LogP contribution in [0.4, 0.5) is 14.6 Å². The number of nitrogens with zero attached hydrogens (tertiary/aromatic N) is 5. The van der Waals surface area contributed by atoms with E-state index >= 15 is 0 Å². The second kappa shape index (κ2) is 5.73. The number of halogens is 3. The van der Waals surface area contributed by atoms with Gasteiger partial charge in [-0.2, -0.15) is 0 Å². The van der Waals surface area contributed by atoms with Crippen LogP contribution in [0.5, 0.6) is 0 Å². The first-order valence-electron chi connectivity index (χ1n) is 6.80. The number of carboxylic acids is 1. The second-order valence-corrected chi connectivity index (χ2v) is 5.59. The van der Waals surface area contributed by atoms with Gasteiger partial charge in [0.25, 0.3) is 5.92 Å². The summed E-state index contributed by atoms with van der Waals surface area (Å²) < 4.78 is 27.7. The van der Waals surface area contributed by atoms with E-state index < -0.39 is 11.9 Å². The molecule has 0 spiro atoms. The molecule has 1 saturated heterocycles. The SMILES string of the molecule is O=C(O)c1cn(-c2cc(Cl)nc(N3CCC(F)(F)CC3)c2)nn1. The lowest BCUT2D eigenvalue weighted by Gasteiger charge is -2.32. The average molecular weight is 344 g/mol. The standard InChI is InChI=1S/C13H12ClF2N5O2/c14-10-5-8(21-7-9(12(22)23)18-19-21)6-11(17-10)20-3-1-13(15,16)2-4-20/h5-7H,1-4H2,(H,22,23). The van der Waals surface area contributed by atoms with E-state index in [4.69, 9.17) is 16.7 Å². The lowest BCUT2D eigenvalue weighted by atomic mass is 10.1. The van der Waals surface area contributed by atoms with Crippen molar-refractivity contribution in [2.75, 3.05) is 18.0 Å². The number of piperidine rings is 1. The van der Waals surface area contributed by atoms with Gasteiger partial charge < -0.3 is 10.0 Å². The number of anilines is 1. The summed E-state index contributed by atoms with van der Waals surface area (Å²) in [7, 11) is 0. The topological polar surface area (TPSA) is 84.1 Å². The summed E-state index contributed by atoms with van der Waals surface area (Å²) in [5.74, 6) is -3.41. The molecule has 1 aliphatic rings. The third kappa shape index (κ3) is 3.39. The van der Waals surface area contributed by atoms with Crippen molar-refractivity contribution in [2.45, 2.75) is 18.8 Å². The molecule has 122 valence electrons. The van der Waals surface area contributed by atoms with Crippen LogP contribution in [0, 0.1) is 0 Å². The van der Waals surface area contributed by atoms with Gasteiger partial charge in [-0.3, -0.25) is 0 Å². The van der Waals surface area contributed by atoms with Gasteiger partial charge in [-0.05, 0) is 0 Å². The lowest BCUT2D eigenvalue weighted by molar-refractivity contribution is -0.0221. The molecular formula is C13H12ClF2N5O2. The van der Waals surface area contributed by atoms with Crippen molar-refractivity contribution in [3.63, 3.8) is 0 Å². The Morgan fingerprint density at radius 2 is 2.00 bits per heavy atom. The molecule has 0 aromatic carbocycles. The lowest BCUT2D eigenvalue weighted by Crippen LogP contribution is -2.39. The summed E-state index contributed by atoms with van der Waals surface area (Å²) in [6.07, 6.45) is 0.744. The Hall–Kier alpha value is -2.29. The van der Waals surface area contributed by atoms with E-state index in [0.717, 1.165) is 0 Å². The molecule has 1 aliphatic heterocycles. The highest BCUT2D eigenvalue weighted by molar-refractivity contribution is 6.29. The van der Waals surface area contributed by atoms with Crippen molar-refractivity contribution in [3.05, 3.63) is 29.2 Å². The summed E-state index contributed by atoms with van der Waals surface area (Å²) in [6, 6.07) is 3.10. The minimum absolute atomic E-state index is 0.155. The molecule has 0 unspecified atom stereocenters. The monoisotopic (exact) mass is 343 g/mol. The van der Waals surface area contributed by atoms with Crippen LogP contribution in [-0.2, 0) is 0 Å². The van der Waals surface area contributed by atoms with Crippen LogP contribution >= 0.6 is 11.6 Å². The molecule has 0 aliphatic carbocycles. The van der Waals surface area contributed by atoms with Gasteiger partial charge in [0.15, 0.2) is 5.69 Å². The number of alkyl halides is 2. The third-order valence-electron chi connectivity index (χ3n) is 3.56. The van der Waals surface area contributed by atoms with E-state index in [1.165, 1.54) is 16.9 Å². The zero-order chi connectivity index (χ0) is 16.6. The summed E-state index contributed by atoms with van der Waals surface area (Å²) >= 11 is 5.98. The smallest absolute Gasteiger partial charge is 0.358 e. The van der Waals surface area contributed by atoms with Gasteiger partial charge in [0.1, 0.15) is 11.0 Å². The van der Waals surface area contributed by atoms with E-state index in [1.807, 2.05) is 0 Å². The highest BCUT2D eigenvalue weighted by Gasteiger charge is 2.34. The van der Waals surface area contributed by atoms with Gasteiger partial charge in [-0.1, -0.05) is 16.8 Å². The first-order chi connectivity index (χ1) is 10.8. The van der Waals surface area contributed by atoms with E-state index in [2.05, 4.69) is 15.3 Å². The highest BCUT2D eigenvalue weighted by atomic mass is 35.5. The van der Waals surface area contributed by atoms with Crippen LogP contribution in [0.15, 0.2) is 18.3 Å². The molecule has 0 bridgehead atoms. The van der Waals surface area contributed by atoms with Gasteiger partial charge in [-0.15, -0.1) is 5.10 Å². The quantitative estimate of drug-likeness (QED) is 0.860. The largest absolute Gasteiger partial charge is 0.476 e. The fraction of sp³-hybridized carbons (Fsp3) is 0.385. The number of aromatic nitrogens is 4. The van der Waals surface area contributed by atoms with Gasteiger partial charge in [0.2, 0.25) is 0 Å². The Bertz CT molecular complexity index is 742. The van der Waals surface area contributed by atoms with Crippen LogP contribution in [0.2, 0.25) is 5.15 Å². The Kier molecular flexibility index (Phi) is 3.88. The molecule has 0 saturated carbocycles. The summed E-state index contributed by atoms with van der Waals surface area (Å²) in [6.45, 7) is 0.328. The highest BCUT2D eigenvalue weighted by Crippen LogP contribution is 2.31. The van der Waals surface area contributed by atoms with Gasteiger partial charge in [0, 0.05) is 38.1 Å². The molecule has 1 fully saturated rings. The predicted molar refractivity (Wildman–Crippen MR) is 77.5 cm³/mol. The van der Waals surface area contributed by atoms with Crippen molar-refractivity contribution in [2.24, 2.45) is 0 Å². The van der Waals surface area contributed by atoms with Gasteiger partial charge in [0.05, 0.1) is 11.9 Å². The molecule has 0 radical (unpaired) electrons. The van der Waals surface area contributed by atoms with Gasteiger partial charge in [-0.25, -0.2) is 23.2 Å².